The summed E-state index contributed by atoms with van der Waals surface area (Å²) in [5.41, 5.74) is 0.771. The zero-order valence-electron chi connectivity index (χ0n) is 19.9. The van der Waals surface area contributed by atoms with Crippen molar-refractivity contribution in [1.29, 1.82) is 0 Å². The fraction of sp³-hybridized carbons (Fsp3) is 0.107. The van der Waals surface area contributed by atoms with Gasteiger partial charge in [0.25, 0.3) is 0 Å². The highest BCUT2D eigenvalue weighted by Gasteiger charge is 2.29. The molecule has 1 atom stereocenters. The van der Waals surface area contributed by atoms with Gasteiger partial charge in [0.05, 0.1) is 17.6 Å². The molecule has 36 heavy (non-hydrogen) atoms. The molecule has 0 aliphatic rings. The summed E-state index contributed by atoms with van der Waals surface area (Å²) in [5.74, 6) is 1.76. The molecular formula is C28H26N2O5S. The van der Waals surface area contributed by atoms with Crippen molar-refractivity contribution in [1.82, 2.24) is 0 Å². The molecule has 0 saturated carbocycles. The fourth-order valence-corrected chi connectivity index (χ4v) is 4.78. The molecule has 0 saturated heterocycles. The average molecular weight is 503 g/mol. The standard InChI is InChI=1S/C28H26N2O5S/c1-21(28(31)29-26-15-9-10-16-27(26)35-24-13-7-4-8-14-24)30(36(2,32)33)22-17-19-25(20-18-22)34-23-11-5-3-6-12-23/h3-21H,1-2H3,(H,29,31)/t21-/m0/s1. The van der Waals surface area contributed by atoms with E-state index in [-0.39, 0.29) is 0 Å². The predicted molar refractivity (Wildman–Crippen MR) is 141 cm³/mol. The maximum atomic E-state index is 13.2. The van der Waals surface area contributed by atoms with Gasteiger partial charge in [-0.15, -0.1) is 0 Å². The number of para-hydroxylation sites is 4. The van der Waals surface area contributed by atoms with E-state index in [0.717, 1.165) is 10.6 Å². The highest BCUT2D eigenvalue weighted by atomic mass is 32.2. The first-order valence-corrected chi connectivity index (χ1v) is 13.1. The van der Waals surface area contributed by atoms with E-state index in [1.165, 1.54) is 6.92 Å². The van der Waals surface area contributed by atoms with Crippen LogP contribution in [0.25, 0.3) is 0 Å². The van der Waals surface area contributed by atoms with Crippen molar-refractivity contribution in [3.05, 3.63) is 109 Å². The minimum atomic E-state index is -3.78. The lowest BCUT2D eigenvalue weighted by Crippen LogP contribution is -2.45. The van der Waals surface area contributed by atoms with Gasteiger partial charge in [0.15, 0.2) is 5.75 Å². The Balaban J connectivity index is 1.53. The van der Waals surface area contributed by atoms with Gasteiger partial charge in [-0.3, -0.25) is 9.10 Å². The molecule has 0 aromatic heterocycles. The van der Waals surface area contributed by atoms with Crippen LogP contribution >= 0.6 is 0 Å². The Hall–Kier alpha value is -4.30. The molecule has 1 N–H and O–H groups in total. The molecule has 7 nitrogen and oxygen atoms in total. The maximum Gasteiger partial charge on any atom is 0.248 e. The van der Waals surface area contributed by atoms with Gasteiger partial charge >= 0.3 is 0 Å². The van der Waals surface area contributed by atoms with Gasteiger partial charge in [-0.1, -0.05) is 48.5 Å². The Morgan fingerprint density at radius 1 is 0.722 bits per heavy atom. The summed E-state index contributed by atoms with van der Waals surface area (Å²) in [7, 11) is -3.78. The minimum Gasteiger partial charge on any atom is -0.457 e. The number of amides is 1. The SMILES string of the molecule is C[C@@H](C(=O)Nc1ccccc1Oc1ccccc1)N(c1ccc(Oc2ccccc2)cc1)S(C)(=O)=O. The van der Waals surface area contributed by atoms with Gasteiger partial charge in [-0.25, -0.2) is 8.42 Å². The van der Waals surface area contributed by atoms with Crippen LogP contribution in [-0.4, -0.2) is 26.6 Å². The van der Waals surface area contributed by atoms with Crippen LogP contribution in [-0.2, 0) is 14.8 Å². The quantitative estimate of drug-likeness (QED) is 0.301. The number of carbonyl (C=O) groups excluding carboxylic acids is 1. The molecule has 0 fully saturated rings. The lowest BCUT2D eigenvalue weighted by Gasteiger charge is -2.28. The molecule has 4 rings (SSSR count). The first-order chi connectivity index (χ1) is 17.3. The summed E-state index contributed by atoms with van der Waals surface area (Å²) in [5, 5.41) is 2.80. The van der Waals surface area contributed by atoms with Crippen molar-refractivity contribution in [3.8, 4) is 23.0 Å². The third-order valence-corrected chi connectivity index (χ3v) is 6.52. The van der Waals surface area contributed by atoms with Crippen molar-refractivity contribution in [3.63, 3.8) is 0 Å². The van der Waals surface area contributed by atoms with Crippen molar-refractivity contribution in [2.24, 2.45) is 0 Å². The molecule has 0 bridgehead atoms. The lowest BCUT2D eigenvalue weighted by molar-refractivity contribution is -0.116. The molecule has 1 amide bonds. The van der Waals surface area contributed by atoms with Crippen LogP contribution in [0.3, 0.4) is 0 Å². The molecule has 8 heteroatoms. The first kappa shape index (κ1) is 24.8. The van der Waals surface area contributed by atoms with E-state index in [1.54, 1.807) is 60.7 Å². The number of nitrogens with one attached hydrogen (secondary N) is 1. The molecule has 184 valence electrons. The number of nitrogens with zero attached hydrogens (tertiary/aromatic N) is 1. The highest BCUT2D eigenvalue weighted by molar-refractivity contribution is 7.92. The zero-order chi connectivity index (χ0) is 25.5. The molecule has 0 aliphatic heterocycles. The number of benzene rings is 4. The molecule has 0 unspecified atom stereocenters. The Kier molecular flexibility index (Phi) is 7.56. The van der Waals surface area contributed by atoms with E-state index in [9.17, 15) is 13.2 Å². The van der Waals surface area contributed by atoms with E-state index in [2.05, 4.69) is 5.32 Å². The van der Waals surface area contributed by atoms with E-state index < -0.39 is 22.0 Å². The number of sulfonamides is 1. The summed E-state index contributed by atoms with van der Waals surface area (Å²) in [6.07, 6.45) is 1.07. The smallest absolute Gasteiger partial charge is 0.248 e. The van der Waals surface area contributed by atoms with Gasteiger partial charge < -0.3 is 14.8 Å². The number of hydrogen-bond donors (Lipinski definition) is 1. The third kappa shape index (κ3) is 6.22. The normalized spacial score (nSPS) is 11.8. The van der Waals surface area contributed by atoms with Crippen LogP contribution in [0.15, 0.2) is 109 Å². The van der Waals surface area contributed by atoms with Crippen LogP contribution in [0.2, 0.25) is 0 Å². The molecular weight excluding hydrogens is 476 g/mol. The van der Waals surface area contributed by atoms with Crippen LogP contribution in [0.1, 0.15) is 6.92 Å². The predicted octanol–water partition coefficient (Wildman–Crippen LogP) is 6.06. The van der Waals surface area contributed by atoms with Crippen LogP contribution in [0.4, 0.5) is 11.4 Å². The van der Waals surface area contributed by atoms with Crippen molar-refractivity contribution in [2.75, 3.05) is 15.9 Å². The number of rotatable bonds is 9. The van der Waals surface area contributed by atoms with Gasteiger partial charge in [-0.2, -0.15) is 0 Å². The first-order valence-electron chi connectivity index (χ1n) is 11.3. The maximum absolute atomic E-state index is 13.2. The monoisotopic (exact) mass is 502 g/mol. The largest absolute Gasteiger partial charge is 0.457 e. The summed E-state index contributed by atoms with van der Waals surface area (Å²) < 4.78 is 38.2. The molecule has 0 heterocycles. The van der Waals surface area contributed by atoms with Gasteiger partial charge in [0.1, 0.15) is 23.3 Å². The van der Waals surface area contributed by atoms with Crippen LogP contribution < -0.4 is 19.1 Å². The average Bonchev–Trinajstić information content (AvgIpc) is 2.87. The molecule has 0 spiro atoms. The van der Waals surface area contributed by atoms with Crippen molar-refractivity contribution >= 4 is 27.3 Å². The summed E-state index contributed by atoms with van der Waals surface area (Å²) >= 11 is 0. The molecule has 4 aromatic carbocycles. The second kappa shape index (κ2) is 11.0. The Labute approximate surface area is 211 Å². The summed E-state index contributed by atoms with van der Waals surface area (Å²) in [6, 6.07) is 30.9. The molecule has 4 aromatic rings. The topological polar surface area (TPSA) is 84.9 Å². The summed E-state index contributed by atoms with van der Waals surface area (Å²) in [4.78, 5) is 13.2. The Morgan fingerprint density at radius 2 is 1.22 bits per heavy atom. The van der Waals surface area contributed by atoms with E-state index in [4.69, 9.17) is 9.47 Å². The van der Waals surface area contributed by atoms with Crippen molar-refractivity contribution < 1.29 is 22.7 Å². The number of ether oxygens (including phenoxy) is 2. The highest BCUT2D eigenvalue weighted by Crippen LogP contribution is 2.31. The number of carbonyl (C=O) groups is 1. The minimum absolute atomic E-state index is 0.342. The van der Waals surface area contributed by atoms with Crippen molar-refractivity contribution in [2.45, 2.75) is 13.0 Å². The Morgan fingerprint density at radius 3 is 1.81 bits per heavy atom. The van der Waals surface area contributed by atoms with Gasteiger partial charge in [0, 0.05) is 0 Å². The molecule has 0 aliphatic carbocycles. The third-order valence-electron chi connectivity index (χ3n) is 5.27. The fourth-order valence-electron chi connectivity index (χ4n) is 3.61. The number of anilines is 2. The molecule has 0 radical (unpaired) electrons. The van der Waals surface area contributed by atoms with E-state index in [0.29, 0.717) is 34.4 Å². The summed E-state index contributed by atoms with van der Waals surface area (Å²) in [6.45, 7) is 1.53. The second-order valence-electron chi connectivity index (χ2n) is 8.04. The van der Waals surface area contributed by atoms with Gasteiger partial charge in [0.2, 0.25) is 15.9 Å². The van der Waals surface area contributed by atoms with E-state index >= 15 is 0 Å². The van der Waals surface area contributed by atoms with Crippen LogP contribution in [0, 0.1) is 0 Å². The Bertz CT molecular complexity index is 1410. The second-order valence-corrected chi connectivity index (χ2v) is 9.90. The van der Waals surface area contributed by atoms with E-state index in [1.807, 2.05) is 48.5 Å². The lowest BCUT2D eigenvalue weighted by atomic mass is 10.2. The zero-order valence-corrected chi connectivity index (χ0v) is 20.7. The van der Waals surface area contributed by atoms with Crippen LogP contribution in [0.5, 0.6) is 23.0 Å². The van der Waals surface area contributed by atoms with Gasteiger partial charge in [-0.05, 0) is 67.6 Å². The number of hydrogen-bond acceptors (Lipinski definition) is 5.